The number of carbonyl (C=O) groups excluding carboxylic acids is 1. The standard InChI is InChI=1S/C41H40F5N3O3S/c1-27-6-15-36-34(22-27)37(50)23-39(53-26-31-4-3-5-35(42)40(31)43)49(36)25-38(51)48(33-16-18-47(19-17-33)20-21-52-2)24-28-7-9-29(10-8-28)30-11-13-32(14-12-30)41(44,45)46/h3-15,22-23,33H,16-21,24-26H2,1-2H3/i2D3,6D,15D,16D2,17D2,18D2,19D2,20D2,22D,23D,33D. The Balaban J connectivity index is 1.60. The third kappa shape index (κ3) is 9.17. The Hall–Kier alpha value is -4.52. The Labute approximate surface area is 334 Å². The molecule has 0 spiro atoms. The molecule has 1 aliphatic heterocycles. The van der Waals surface area contributed by atoms with Gasteiger partial charge in [0.2, 0.25) is 5.91 Å². The Morgan fingerprint density at radius 2 is 1.75 bits per heavy atom. The van der Waals surface area contributed by atoms with Crippen LogP contribution in [0.1, 0.15) is 59.7 Å². The van der Waals surface area contributed by atoms with Gasteiger partial charge in [0, 0.05) is 75.5 Å². The maximum Gasteiger partial charge on any atom is 0.416 e. The van der Waals surface area contributed by atoms with E-state index in [1.165, 1.54) is 31.2 Å². The minimum atomic E-state index is -4.67. The minimum Gasteiger partial charge on any atom is -0.383 e. The number of ether oxygens (including phenoxy) is 1. The molecule has 0 bridgehead atoms. The van der Waals surface area contributed by atoms with Crippen LogP contribution in [0.25, 0.3) is 22.0 Å². The number of amides is 1. The third-order valence-electron chi connectivity index (χ3n) is 7.85. The van der Waals surface area contributed by atoms with Gasteiger partial charge in [0.25, 0.3) is 0 Å². The number of rotatable bonds is 12. The normalized spacial score (nSPS) is 24.0. The van der Waals surface area contributed by atoms with Crippen LogP contribution in [0.5, 0.6) is 0 Å². The van der Waals surface area contributed by atoms with Crippen molar-refractivity contribution in [3.8, 4) is 11.1 Å². The van der Waals surface area contributed by atoms with Crippen LogP contribution >= 0.6 is 11.8 Å². The molecule has 0 N–H and O–H groups in total. The van der Waals surface area contributed by atoms with Crippen LogP contribution in [0, 0.1) is 18.6 Å². The number of likely N-dealkylation sites (tertiary alicyclic amines) is 1. The van der Waals surface area contributed by atoms with E-state index in [4.69, 9.17) is 17.8 Å². The molecule has 0 radical (unpaired) electrons. The summed E-state index contributed by atoms with van der Waals surface area (Å²) >= 11 is 0.420. The predicted octanol–water partition coefficient (Wildman–Crippen LogP) is 8.71. The summed E-state index contributed by atoms with van der Waals surface area (Å²) < 4.78 is 231. The van der Waals surface area contributed by atoms with Gasteiger partial charge in [0.15, 0.2) is 17.1 Å². The van der Waals surface area contributed by atoms with Crippen LogP contribution in [0.4, 0.5) is 22.0 Å². The van der Waals surface area contributed by atoms with Crippen molar-refractivity contribution >= 4 is 28.6 Å². The van der Waals surface area contributed by atoms with E-state index in [0.717, 1.165) is 42.5 Å². The highest BCUT2D eigenvalue weighted by atomic mass is 32.2. The predicted molar refractivity (Wildman–Crippen MR) is 198 cm³/mol. The number of benzene rings is 4. The molecule has 278 valence electrons. The van der Waals surface area contributed by atoms with Crippen molar-refractivity contribution in [2.24, 2.45) is 0 Å². The molecule has 6 rings (SSSR count). The number of piperidine rings is 1. The summed E-state index contributed by atoms with van der Waals surface area (Å²) in [6.45, 7) is -15.3. The van der Waals surface area contributed by atoms with Crippen LogP contribution in [-0.4, -0.2) is 59.4 Å². The lowest BCUT2D eigenvalue weighted by molar-refractivity contribution is -0.137. The van der Waals surface area contributed by atoms with Crippen molar-refractivity contribution < 1.29 is 56.2 Å². The van der Waals surface area contributed by atoms with E-state index in [1.807, 2.05) is 0 Å². The molecule has 0 saturated carbocycles. The molecule has 0 unspecified atom stereocenters. The lowest BCUT2D eigenvalue weighted by atomic mass is 10.00. The molecule has 12 heteroatoms. The van der Waals surface area contributed by atoms with Crippen LogP contribution in [0.3, 0.4) is 0 Å². The maximum absolute atomic E-state index is 15.4. The van der Waals surface area contributed by atoms with Crippen molar-refractivity contribution in [3.05, 3.63) is 135 Å². The number of hydrogen-bond donors (Lipinski definition) is 0. The molecule has 1 aromatic heterocycles. The lowest BCUT2D eigenvalue weighted by Gasteiger charge is -2.39. The zero-order valence-corrected chi connectivity index (χ0v) is 28.4. The smallest absolute Gasteiger partial charge is 0.383 e. The van der Waals surface area contributed by atoms with Gasteiger partial charge < -0.3 is 19.1 Å². The second-order valence-electron chi connectivity index (χ2n) is 11.4. The van der Waals surface area contributed by atoms with Gasteiger partial charge in [-0.1, -0.05) is 60.1 Å². The van der Waals surface area contributed by atoms with Crippen molar-refractivity contribution in [3.63, 3.8) is 0 Å². The molecular weight excluding hydrogens is 710 g/mol. The van der Waals surface area contributed by atoms with E-state index in [-0.39, 0.29) is 32.7 Å². The molecule has 5 aromatic rings. The highest BCUT2D eigenvalue weighted by Gasteiger charge is 2.31. The highest BCUT2D eigenvalue weighted by Crippen LogP contribution is 2.32. The van der Waals surface area contributed by atoms with Gasteiger partial charge in [0.05, 0.1) is 33.7 Å². The summed E-state index contributed by atoms with van der Waals surface area (Å²) in [6.07, 6.45) is -13.3. The number of carbonyl (C=O) groups is 1. The first-order valence-corrected chi connectivity index (χ1v) is 16.6. The summed E-state index contributed by atoms with van der Waals surface area (Å²) in [5.74, 6) is -4.91. The summed E-state index contributed by atoms with van der Waals surface area (Å²) in [7, 11) is -3.39. The summed E-state index contributed by atoms with van der Waals surface area (Å²) in [5.41, 5.74) is -3.14. The van der Waals surface area contributed by atoms with Crippen molar-refractivity contribution in [1.82, 2.24) is 14.4 Å². The zero-order valence-electron chi connectivity index (χ0n) is 45.5. The highest BCUT2D eigenvalue weighted by molar-refractivity contribution is 7.98. The number of methoxy groups -OCH3 is 1. The number of aromatic nitrogens is 1. The van der Waals surface area contributed by atoms with E-state index in [9.17, 15) is 33.6 Å². The number of thioether (sulfide) groups is 1. The van der Waals surface area contributed by atoms with E-state index >= 15 is 4.79 Å². The number of halogens is 5. The maximum atomic E-state index is 15.4. The van der Waals surface area contributed by atoms with Gasteiger partial charge in [-0.15, -0.1) is 11.8 Å². The van der Waals surface area contributed by atoms with Crippen molar-refractivity contribution in [2.45, 2.75) is 55.7 Å². The van der Waals surface area contributed by atoms with Gasteiger partial charge in [-0.25, -0.2) is 8.78 Å². The van der Waals surface area contributed by atoms with Crippen molar-refractivity contribution in [1.29, 1.82) is 0 Å². The van der Waals surface area contributed by atoms with Crippen molar-refractivity contribution in [2.75, 3.05) is 33.1 Å². The fourth-order valence-electron chi connectivity index (χ4n) is 5.20. The first-order valence-electron chi connectivity index (χ1n) is 24.6. The molecule has 4 aromatic carbocycles. The second kappa shape index (κ2) is 16.7. The van der Waals surface area contributed by atoms with E-state index in [0.29, 0.717) is 16.3 Å². The molecule has 6 nitrogen and oxygen atoms in total. The number of fused-ring (bicyclic) bond motifs is 1. The molecule has 0 atom stereocenters. The topological polar surface area (TPSA) is 54.8 Å². The number of hydrogen-bond acceptors (Lipinski definition) is 5. The second-order valence-corrected chi connectivity index (χ2v) is 12.4. The Bertz CT molecular complexity index is 2930. The molecule has 0 aliphatic carbocycles. The van der Waals surface area contributed by atoms with Crippen LogP contribution in [-0.2, 0) is 34.6 Å². The van der Waals surface area contributed by atoms with Gasteiger partial charge in [0.1, 0.15) is 6.54 Å². The number of alkyl halides is 3. The first-order chi connectivity index (χ1) is 32.4. The fraction of sp³-hybridized carbons (Fsp3) is 0.317. The third-order valence-corrected chi connectivity index (χ3v) is 8.90. The molecule has 1 saturated heterocycles. The molecule has 53 heavy (non-hydrogen) atoms. The Morgan fingerprint density at radius 1 is 1.06 bits per heavy atom. The lowest BCUT2D eigenvalue weighted by Crippen LogP contribution is -2.48. The summed E-state index contributed by atoms with van der Waals surface area (Å²) in [6, 6.07) is 4.49. The summed E-state index contributed by atoms with van der Waals surface area (Å²) in [4.78, 5) is 28.7. The Morgan fingerprint density at radius 3 is 2.43 bits per heavy atom. The van der Waals surface area contributed by atoms with E-state index in [2.05, 4.69) is 4.74 Å². The molecule has 1 fully saturated rings. The van der Waals surface area contributed by atoms with Gasteiger partial charge >= 0.3 is 6.18 Å². The summed E-state index contributed by atoms with van der Waals surface area (Å²) in [5, 5.41) is -1.33. The Kier molecular flexibility index (Phi) is 6.72. The fourth-order valence-corrected chi connectivity index (χ4v) is 6.19. The monoisotopic (exact) mass is 767 g/mol. The van der Waals surface area contributed by atoms with Crippen LogP contribution in [0.2, 0.25) is 0 Å². The molecule has 1 aliphatic rings. The zero-order chi connectivity index (χ0) is 53.6. The molecule has 1 amide bonds. The SMILES string of the molecule is [2H]c1c(C)c([2H])c2c(=O)c([2H])c(SCc3cccc(F)c3F)n(CC(=O)N(Cc3ccc(-c4ccc(C(F)(F)F)cc4)cc3)C3([2H])C([2H])([2H])C([2H])([2H])N(C([2H])([2H])COC([2H])([2H])[2H])C([2H])([2H])C3([2H])[2H])c2c1[2H]. The van der Waals surface area contributed by atoms with E-state index in [1.54, 1.807) is 0 Å². The minimum absolute atomic E-state index is 0.0386. The number of pyridine rings is 1. The largest absolute Gasteiger partial charge is 0.416 e. The first kappa shape index (κ1) is 21.4. The quantitative estimate of drug-likeness (QED) is 0.0940. The van der Waals surface area contributed by atoms with Gasteiger partial charge in [-0.05, 0) is 66.6 Å². The molecular formula is C41H40F5N3O3S. The van der Waals surface area contributed by atoms with Gasteiger partial charge in [-0.2, -0.15) is 13.2 Å². The average Bonchev–Trinajstić information content (AvgIpc) is 3.27. The van der Waals surface area contributed by atoms with Crippen LogP contribution < -0.4 is 5.43 Å². The molecule has 2 heterocycles. The van der Waals surface area contributed by atoms with Gasteiger partial charge in [-0.3, -0.25) is 9.59 Å². The number of nitrogens with zero attached hydrogens (tertiary/aromatic N) is 3. The average molecular weight is 768 g/mol. The van der Waals surface area contributed by atoms with Crippen LogP contribution in [0.15, 0.2) is 101 Å². The van der Waals surface area contributed by atoms with E-state index < -0.39 is 150 Å².